The van der Waals surface area contributed by atoms with E-state index in [2.05, 4.69) is 79.9 Å². The third-order valence-corrected chi connectivity index (χ3v) is 27.8. The zero-order chi connectivity index (χ0) is 86.7. The molecule has 0 radical (unpaired) electrons. The molecule has 8 amide bonds. The average Bonchev–Trinajstić information content (AvgIpc) is 1.19. The highest BCUT2D eigenvalue weighted by Crippen LogP contribution is 2.41. The van der Waals surface area contributed by atoms with Crippen LogP contribution >= 0.6 is 33.2 Å². The zero-order valence-corrected chi connectivity index (χ0v) is 73.6. The first kappa shape index (κ1) is 90.9. The normalized spacial score (nSPS) is 16.0. The van der Waals surface area contributed by atoms with Crippen molar-refractivity contribution in [2.45, 2.75) is 198 Å². The van der Waals surface area contributed by atoms with E-state index in [1.54, 1.807) is 101 Å². The Hall–Kier alpha value is -10.3. The van der Waals surface area contributed by atoms with Gasteiger partial charge in [0.25, 0.3) is 17.4 Å². The SMILES string of the molecule is CC(=O)c1c(C)c2cnc(Nc3ccc(N4CCN(CC(=O)NCCSSCCN(CC(=O)NCCNc5cccc6c5C(=O)N(C5CCC(=O)NC5=O)C6=O)C(=O)CCCCCCCCCCC(=O)N5CCC(c6cc(OC(C)C)c(Nc7ncc(Cl)c(Nc8ccccc8S(=O)(=O)C(C)C)n7)cc6C)CC5)CC4)cn3)nc2n(C2CCCC2)c1=O. The smallest absolute Gasteiger partial charge is 0.264 e. The number of ketones is 1. The minimum atomic E-state index is -3.62. The summed E-state index contributed by atoms with van der Waals surface area (Å²) < 4.78 is 34.5. The minimum Gasteiger partial charge on any atom is -0.489 e. The lowest BCUT2D eigenvalue weighted by molar-refractivity contribution is -0.136. The van der Waals surface area contributed by atoms with Gasteiger partial charge in [0.15, 0.2) is 21.4 Å². The molecule has 1 aliphatic carbocycles. The maximum atomic E-state index is 13.9. The van der Waals surface area contributed by atoms with Crippen molar-refractivity contribution in [2.75, 3.05) is 116 Å². The molecule has 31 nitrogen and oxygen atoms in total. The van der Waals surface area contributed by atoms with Crippen LogP contribution < -0.4 is 52.4 Å². The summed E-state index contributed by atoms with van der Waals surface area (Å²) in [4.78, 5) is 164. The number of pyridine rings is 2. The summed E-state index contributed by atoms with van der Waals surface area (Å²) in [5, 5.41) is 21.2. The maximum Gasteiger partial charge on any atom is 0.264 e. The fourth-order valence-corrected chi connectivity index (χ4v) is 19.6. The number of benzene rings is 3. The second kappa shape index (κ2) is 42.7. The van der Waals surface area contributed by atoms with Crippen molar-refractivity contribution >= 4 is 153 Å². The highest BCUT2D eigenvalue weighted by atomic mass is 35.5. The Morgan fingerprint density at radius 1 is 0.689 bits per heavy atom. The van der Waals surface area contributed by atoms with Gasteiger partial charge in [0.2, 0.25) is 47.3 Å². The van der Waals surface area contributed by atoms with Crippen LogP contribution in [0, 0.1) is 13.8 Å². The van der Waals surface area contributed by atoms with Crippen LogP contribution in [0.4, 0.5) is 46.3 Å². The predicted molar refractivity (Wildman–Crippen MR) is 475 cm³/mol. The lowest BCUT2D eigenvalue weighted by Crippen LogP contribution is -2.54. The molecular formula is C87H111ClN18O13S3. The topological polar surface area (TPSA) is 384 Å². The number of amides is 8. The molecule has 5 aliphatic rings. The monoisotopic (exact) mass is 1750 g/mol. The third kappa shape index (κ3) is 23.1. The van der Waals surface area contributed by atoms with E-state index in [1.165, 1.54) is 19.2 Å². The number of carbonyl (C=O) groups is 9. The molecule has 35 heteroatoms. The molecule has 0 spiro atoms. The van der Waals surface area contributed by atoms with E-state index in [1.807, 2.05) is 36.9 Å². The number of likely N-dealkylation sites (tertiary alicyclic amines) is 1. The molecule has 7 N–H and O–H groups in total. The molecule has 12 rings (SSSR count). The van der Waals surface area contributed by atoms with Gasteiger partial charge < -0.3 is 51.3 Å². The molecule has 3 aromatic carbocycles. The van der Waals surface area contributed by atoms with Crippen LogP contribution in [-0.2, 0) is 38.6 Å². The Morgan fingerprint density at radius 3 is 2.08 bits per heavy atom. The van der Waals surface area contributed by atoms with Crippen LogP contribution in [0.5, 0.6) is 5.75 Å². The number of nitrogens with one attached hydrogen (secondary N) is 7. The van der Waals surface area contributed by atoms with E-state index in [4.69, 9.17) is 21.3 Å². The summed E-state index contributed by atoms with van der Waals surface area (Å²) in [7, 11) is -0.494. The van der Waals surface area contributed by atoms with Gasteiger partial charge in [0.1, 0.15) is 28.3 Å². The van der Waals surface area contributed by atoms with Gasteiger partial charge >= 0.3 is 0 Å². The Labute approximate surface area is 724 Å². The lowest BCUT2D eigenvalue weighted by Gasteiger charge is -2.35. The summed E-state index contributed by atoms with van der Waals surface area (Å²) in [6.07, 6.45) is 18.1. The summed E-state index contributed by atoms with van der Waals surface area (Å²) in [5.41, 5.74) is 5.67. The van der Waals surface area contributed by atoms with Gasteiger partial charge in [-0.25, -0.2) is 23.4 Å². The number of nitrogens with zero attached hydrogens (tertiary/aromatic N) is 11. The van der Waals surface area contributed by atoms with E-state index in [0.29, 0.717) is 128 Å². The molecule has 8 heterocycles. The van der Waals surface area contributed by atoms with Crippen LogP contribution in [-0.4, -0.2) is 218 Å². The summed E-state index contributed by atoms with van der Waals surface area (Å²) in [5.74, 6) is 0.143. The van der Waals surface area contributed by atoms with Crippen molar-refractivity contribution in [2.24, 2.45) is 0 Å². The minimum absolute atomic E-state index is 0.00644. The first-order valence-corrected chi connectivity index (χ1v) is 46.9. The van der Waals surface area contributed by atoms with Crippen LogP contribution in [0.15, 0.2) is 95.0 Å². The number of piperazine rings is 1. The number of para-hydroxylation sites is 1. The summed E-state index contributed by atoms with van der Waals surface area (Å²) in [6.45, 7) is 17.6. The Bertz CT molecular complexity index is 5170. The fourth-order valence-electron chi connectivity index (χ4n) is 16.4. The standard InChI is InChI=1S/C87H111ClN18O13S3/c1-54(2)119-70-48-63(56(5)47-68(70)96-86-94-51-65(88)80(99-86)95-66-24-18-19-26-71(66)122(117,118)55(3)4)59-33-38-103(39-34-59)76(111)27-14-12-10-8-9-11-13-15-28-77(112)104(53-75(110)90-36-35-89-67-25-20-23-62-79(67)85(116)106(83(62)114)69-30-32-73(108)98-82(69)113)44-46-121-120-45-37-91-74(109)52-101-40-42-102(43-41-101)61-29-31-72(92-49-61)97-87-93-50-64-57(6)78(58(7)107)84(115)105(81(64)100-87)60-21-16-17-22-60/h18-20,23-26,29,31,47-51,54-55,59-60,69,89H,8-17,21-22,27-28,30,32-46,52-53H2,1-7H3,(H,90,110)(H,91,109)(H,98,108,113)(H,92,93,97,100)(H2,94,95,96,99). The first-order chi connectivity index (χ1) is 58.7. The number of carbonyl (C=O) groups excluding carboxylic acids is 9. The molecule has 1 atom stereocenters. The summed E-state index contributed by atoms with van der Waals surface area (Å²) in [6, 6.07) is 18.2. The molecule has 7 aromatic rings. The lowest BCUT2D eigenvalue weighted by atomic mass is 9.86. The number of piperidine rings is 2. The second-order valence-electron chi connectivity index (χ2n) is 32.2. The number of hydrogen-bond acceptors (Lipinski definition) is 26. The van der Waals surface area contributed by atoms with Gasteiger partial charge in [0.05, 0.1) is 75.5 Å². The third-order valence-electron chi connectivity index (χ3n) is 22.9. The van der Waals surface area contributed by atoms with Crippen LogP contribution in [0.2, 0.25) is 5.02 Å². The fraction of sp³-hybridized carbons (Fsp3) is 0.506. The van der Waals surface area contributed by atoms with E-state index in [-0.39, 0.29) is 137 Å². The predicted octanol–water partition coefficient (Wildman–Crippen LogP) is 12.1. The maximum absolute atomic E-state index is 13.9. The van der Waals surface area contributed by atoms with Crippen molar-refractivity contribution in [1.82, 2.24) is 65.0 Å². The first-order valence-electron chi connectivity index (χ1n) is 42.5. The molecule has 4 fully saturated rings. The molecule has 1 saturated carbocycles. The quantitative estimate of drug-likeness (QED) is 0.00810. The molecule has 1 unspecified atom stereocenters. The second-order valence-corrected chi connectivity index (χ2v) is 37.8. The van der Waals surface area contributed by atoms with Gasteiger partial charge in [-0.1, -0.05) is 103 Å². The molecule has 4 aliphatic heterocycles. The van der Waals surface area contributed by atoms with Crippen molar-refractivity contribution < 1.29 is 56.3 Å². The number of Topliss-reactive ketones (excluding diaryl/α,β-unsaturated/α-hetero) is 1. The highest BCUT2D eigenvalue weighted by molar-refractivity contribution is 8.76. The number of aromatic nitrogens is 6. The number of imide groups is 2. The highest BCUT2D eigenvalue weighted by Gasteiger charge is 2.46. The molecule has 122 heavy (non-hydrogen) atoms. The van der Waals surface area contributed by atoms with Crippen molar-refractivity contribution in [3.8, 4) is 5.75 Å². The van der Waals surface area contributed by atoms with E-state index in [0.717, 1.165) is 105 Å². The van der Waals surface area contributed by atoms with Crippen LogP contribution in [0.25, 0.3) is 11.0 Å². The molecule has 3 saturated heterocycles. The van der Waals surface area contributed by atoms with Gasteiger partial charge in [-0.2, -0.15) is 9.97 Å². The largest absolute Gasteiger partial charge is 0.489 e. The van der Waals surface area contributed by atoms with Crippen LogP contribution in [0.1, 0.15) is 210 Å². The number of rotatable bonds is 41. The van der Waals surface area contributed by atoms with Crippen molar-refractivity contribution in [3.63, 3.8) is 0 Å². The Balaban J connectivity index is 0.550. The Morgan fingerprint density at radius 2 is 1.38 bits per heavy atom. The number of anilines is 8. The number of sulfone groups is 1. The van der Waals surface area contributed by atoms with E-state index < -0.39 is 44.8 Å². The summed E-state index contributed by atoms with van der Waals surface area (Å²) >= 11 is 6.57. The number of fused-ring (bicyclic) bond motifs is 2. The molecule has 0 bridgehead atoms. The number of hydrogen-bond donors (Lipinski definition) is 7. The molecule has 652 valence electrons. The van der Waals surface area contributed by atoms with E-state index in [9.17, 15) is 56.4 Å². The van der Waals surface area contributed by atoms with Gasteiger partial charge in [-0.3, -0.25) is 67.6 Å². The van der Waals surface area contributed by atoms with Crippen molar-refractivity contribution in [3.05, 3.63) is 134 Å². The number of aryl methyl sites for hydroxylation is 2. The van der Waals surface area contributed by atoms with Crippen molar-refractivity contribution in [1.29, 1.82) is 0 Å². The van der Waals surface area contributed by atoms with Crippen LogP contribution in [0.3, 0.4) is 0 Å². The van der Waals surface area contributed by atoms with Gasteiger partial charge in [-0.15, -0.1) is 0 Å². The molecular weight excluding hydrogens is 1640 g/mol. The number of ether oxygens (including phenoxy) is 1. The Kier molecular flexibility index (Phi) is 31.8. The van der Waals surface area contributed by atoms with Gasteiger partial charge in [-0.05, 0) is 165 Å². The van der Waals surface area contributed by atoms with E-state index >= 15 is 0 Å². The number of halogens is 1. The zero-order valence-electron chi connectivity index (χ0n) is 70.4. The average molecular weight is 1750 g/mol. The van der Waals surface area contributed by atoms with Gasteiger partial charge in [0, 0.05) is 120 Å². The molecule has 4 aromatic heterocycles. The number of unbranched alkanes of at least 4 members (excludes halogenated alkanes) is 7.